The highest BCUT2D eigenvalue weighted by Gasteiger charge is 2.43. The summed E-state index contributed by atoms with van der Waals surface area (Å²) < 4.78 is 0. The Balaban J connectivity index is 1.30. The van der Waals surface area contributed by atoms with Gasteiger partial charge in [0.2, 0.25) is 5.91 Å². The number of amidine groups is 1. The maximum Gasteiger partial charge on any atom is 0.258 e. The normalized spacial score (nSPS) is 23.1. The lowest BCUT2D eigenvalue weighted by Gasteiger charge is -2.38. The fraction of sp³-hybridized carbons (Fsp3) is 0.516. The average Bonchev–Trinajstić information content (AvgIpc) is 3.82. The summed E-state index contributed by atoms with van der Waals surface area (Å²) in [5, 5.41) is 10.3. The van der Waals surface area contributed by atoms with E-state index in [0.717, 1.165) is 61.4 Å². The molecule has 43 heavy (non-hydrogen) atoms. The van der Waals surface area contributed by atoms with E-state index in [-0.39, 0.29) is 17.6 Å². The van der Waals surface area contributed by atoms with E-state index in [4.69, 9.17) is 16.5 Å². The highest BCUT2D eigenvalue weighted by molar-refractivity contribution is 7.16. The largest absolute Gasteiger partial charge is 0.389 e. The van der Waals surface area contributed by atoms with E-state index in [2.05, 4.69) is 38.4 Å². The summed E-state index contributed by atoms with van der Waals surface area (Å²) in [5.41, 5.74) is 14.2. The molecule has 6 rings (SSSR count). The number of fused-ring (bicyclic) bond motifs is 1. The molecule has 1 saturated carbocycles. The summed E-state index contributed by atoms with van der Waals surface area (Å²) in [4.78, 5) is 45.2. The van der Waals surface area contributed by atoms with Gasteiger partial charge in [0.1, 0.15) is 22.6 Å². The van der Waals surface area contributed by atoms with E-state index in [1.807, 2.05) is 13.0 Å². The number of hydrogen-bond donors (Lipinski definition) is 2. The van der Waals surface area contributed by atoms with Crippen molar-refractivity contribution in [2.75, 3.05) is 67.9 Å². The standard InChI is InChI=1S/C31H39N9O2S/c1-3-26(41)40-15-11-38(12-16-40)21-17-23(35-25(18-21)39-13-9-37(10-14-39)20-6-7-20)28(33)36-30(42)31(2)8-4-5-24-27(31)22(19-32)29(34)43-24/h3,17-18,20H,1,4-16,34H2,2H3,(H2,33,36,42). The second-order valence-electron chi connectivity index (χ2n) is 12.1. The summed E-state index contributed by atoms with van der Waals surface area (Å²) >= 11 is 1.39. The van der Waals surface area contributed by atoms with Crippen LogP contribution in [0.1, 0.15) is 54.3 Å². The lowest BCUT2D eigenvalue weighted by atomic mass is 9.72. The minimum absolute atomic E-state index is 0.0558. The first kappa shape index (κ1) is 29.1. The zero-order chi connectivity index (χ0) is 30.3. The molecule has 4 aliphatic rings. The van der Waals surface area contributed by atoms with Crippen molar-refractivity contribution in [3.63, 3.8) is 0 Å². The molecule has 0 radical (unpaired) electrons. The number of nitriles is 1. The molecule has 2 aliphatic carbocycles. The van der Waals surface area contributed by atoms with Crippen molar-refractivity contribution in [2.24, 2.45) is 10.7 Å². The van der Waals surface area contributed by atoms with Crippen LogP contribution in [0.2, 0.25) is 0 Å². The fourth-order valence-corrected chi connectivity index (χ4v) is 7.84. The van der Waals surface area contributed by atoms with Crippen molar-refractivity contribution in [2.45, 2.75) is 50.5 Å². The van der Waals surface area contributed by atoms with Crippen LogP contribution >= 0.6 is 11.3 Å². The number of thiophene rings is 1. The van der Waals surface area contributed by atoms with Gasteiger partial charge < -0.3 is 26.2 Å². The number of anilines is 3. The molecular formula is C31H39N9O2S. The number of aryl methyl sites for hydroxylation is 1. The Morgan fingerprint density at radius 1 is 1.14 bits per heavy atom. The maximum atomic E-state index is 13.8. The molecular weight excluding hydrogens is 562 g/mol. The van der Waals surface area contributed by atoms with E-state index >= 15 is 0 Å². The van der Waals surface area contributed by atoms with Crippen molar-refractivity contribution < 1.29 is 9.59 Å². The summed E-state index contributed by atoms with van der Waals surface area (Å²) in [5.74, 6) is 0.413. The number of nitrogens with zero attached hydrogens (tertiary/aromatic N) is 7. The predicted molar refractivity (Wildman–Crippen MR) is 170 cm³/mol. The predicted octanol–water partition coefficient (Wildman–Crippen LogP) is 2.24. The summed E-state index contributed by atoms with van der Waals surface area (Å²) in [6.45, 7) is 11.7. The smallest absolute Gasteiger partial charge is 0.258 e. The number of pyridine rings is 1. The molecule has 0 spiro atoms. The van der Waals surface area contributed by atoms with Crippen LogP contribution in [0.5, 0.6) is 0 Å². The molecule has 2 aromatic heterocycles. The molecule has 11 nitrogen and oxygen atoms in total. The van der Waals surface area contributed by atoms with Crippen LogP contribution in [0.25, 0.3) is 0 Å². The average molecular weight is 602 g/mol. The number of carbonyl (C=O) groups excluding carboxylic acids is 2. The molecule has 0 bridgehead atoms. The number of aliphatic imine (C=N–C) groups is 1. The molecule has 2 amide bonds. The van der Waals surface area contributed by atoms with E-state index in [1.54, 1.807) is 4.90 Å². The van der Waals surface area contributed by atoms with Crippen molar-refractivity contribution in [1.82, 2.24) is 14.8 Å². The second-order valence-corrected chi connectivity index (χ2v) is 13.2. The minimum atomic E-state index is -0.981. The molecule has 1 atom stereocenters. The highest BCUT2D eigenvalue weighted by Crippen LogP contribution is 2.46. The van der Waals surface area contributed by atoms with Crippen LogP contribution < -0.4 is 21.3 Å². The Morgan fingerprint density at radius 2 is 1.84 bits per heavy atom. The summed E-state index contributed by atoms with van der Waals surface area (Å²) in [6.07, 6.45) is 6.09. The molecule has 1 unspecified atom stereocenters. The molecule has 2 aromatic rings. The molecule has 4 N–H and O–H groups in total. The first-order chi connectivity index (χ1) is 20.7. The Bertz CT molecular complexity index is 1510. The van der Waals surface area contributed by atoms with Gasteiger partial charge >= 0.3 is 0 Å². The third-order valence-corrected chi connectivity index (χ3v) is 10.4. The Labute approximate surface area is 256 Å². The van der Waals surface area contributed by atoms with Gasteiger partial charge in [-0.3, -0.25) is 14.5 Å². The van der Waals surface area contributed by atoms with Crippen LogP contribution in [0.3, 0.4) is 0 Å². The Morgan fingerprint density at radius 3 is 2.49 bits per heavy atom. The van der Waals surface area contributed by atoms with Crippen LogP contribution in [0.4, 0.5) is 16.5 Å². The van der Waals surface area contributed by atoms with Gasteiger partial charge in [-0.15, -0.1) is 11.3 Å². The third-order valence-electron chi connectivity index (χ3n) is 9.34. The van der Waals surface area contributed by atoms with Gasteiger partial charge in [0.15, 0.2) is 5.84 Å². The lowest BCUT2D eigenvalue weighted by molar-refractivity contribution is -0.126. The molecule has 12 heteroatoms. The molecule has 2 saturated heterocycles. The number of hydrogen-bond acceptors (Lipinski definition) is 9. The van der Waals surface area contributed by atoms with Gasteiger partial charge in [-0.1, -0.05) is 6.58 Å². The van der Waals surface area contributed by atoms with Crippen LogP contribution in [0, 0.1) is 11.3 Å². The maximum absolute atomic E-state index is 13.8. The fourth-order valence-electron chi connectivity index (χ4n) is 6.65. The van der Waals surface area contributed by atoms with Crippen molar-refractivity contribution >= 4 is 45.5 Å². The first-order valence-corrected chi connectivity index (χ1v) is 15.9. The number of carbonyl (C=O) groups is 2. The monoisotopic (exact) mass is 601 g/mol. The van der Waals surface area contributed by atoms with Gasteiger partial charge in [-0.2, -0.15) is 10.3 Å². The second kappa shape index (κ2) is 11.6. The molecule has 0 aromatic carbocycles. The summed E-state index contributed by atoms with van der Waals surface area (Å²) in [6, 6.07) is 6.90. The van der Waals surface area contributed by atoms with E-state index < -0.39 is 5.41 Å². The number of amides is 2. The van der Waals surface area contributed by atoms with E-state index in [1.165, 1.54) is 30.3 Å². The SMILES string of the molecule is C=CC(=O)N1CCN(c2cc(C(N)=NC(=O)C3(C)CCCc4sc(N)c(C#N)c43)nc(N3CCN(C4CC4)CC3)c2)CC1. The summed E-state index contributed by atoms with van der Waals surface area (Å²) in [7, 11) is 0. The van der Waals surface area contributed by atoms with Crippen molar-refractivity contribution in [3.8, 4) is 6.07 Å². The third kappa shape index (κ3) is 5.59. The van der Waals surface area contributed by atoms with Gasteiger partial charge in [0.25, 0.3) is 5.91 Å². The number of piperazine rings is 2. The van der Waals surface area contributed by atoms with Crippen LogP contribution in [0.15, 0.2) is 29.8 Å². The molecule has 3 fully saturated rings. The van der Waals surface area contributed by atoms with Crippen LogP contribution in [-0.2, 0) is 21.4 Å². The number of nitrogen functional groups attached to an aromatic ring is 1. The van der Waals surface area contributed by atoms with Crippen LogP contribution in [-0.4, -0.2) is 90.8 Å². The number of nitrogens with two attached hydrogens (primary N) is 2. The minimum Gasteiger partial charge on any atom is -0.389 e. The Hall–Kier alpha value is -3.95. The quantitative estimate of drug-likeness (QED) is 0.289. The van der Waals surface area contributed by atoms with Crippen molar-refractivity contribution in [1.29, 1.82) is 5.26 Å². The van der Waals surface area contributed by atoms with Gasteiger partial charge in [-0.25, -0.2) is 4.98 Å². The zero-order valence-electron chi connectivity index (χ0n) is 24.7. The highest BCUT2D eigenvalue weighted by atomic mass is 32.1. The number of rotatable bonds is 6. The topological polar surface area (TPSA) is 148 Å². The molecule has 4 heterocycles. The van der Waals surface area contributed by atoms with E-state index in [9.17, 15) is 14.9 Å². The zero-order valence-corrected chi connectivity index (χ0v) is 25.5. The van der Waals surface area contributed by atoms with Gasteiger partial charge in [-0.05, 0) is 51.2 Å². The number of aromatic nitrogens is 1. The molecule has 2 aliphatic heterocycles. The van der Waals surface area contributed by atoms with Gasteiger partial charge in [0, 0.05) is 80.6 Å². The first-order valence-electron chi connectivity index (χ1n) is 15.1. The van der Waals surface area contributed by atoms with Gasteiger partial charge in [0.05, 0.1) is 11.0 Å². The van der Waals surface area contributed by atoms with E-state index in [0.29, 0.717) is 54.4 Å². The lowest BCUT2D eigenvalue weighted by Crippen LogP contribution is -2.49. The Kier molecular flexibility index (Phi) is 7.87. The van der Waals surface area contributed by atoms with Crippen molar-refractivity contribution in [3.05, 3.63) is 46.5 Å². The molecule has 226 valence electrons.